The third kappa shape index (κ3) is 5.15. The Bertz CT molecular complexity index is 475. The Morgan fingerprint density at radius 2 is 1.84 bits per heavy atom. The lowest BCUT2D eigenvalue weighted by molar-refractivity contribution is -0.161. The van der Waals surface area contributed by atoms with Crippen LogP contribution in [0.3, 0.4) is 0 Å². The number of carbonyl (C=O) groups excluding carboxylic acids is 2. The van der Waals surface area contributed by atoms with E-state index in [0.717, 1.165) is 10.0 Å². The molecule has 1 aromatic carbocycles. The first-order valence-corrected chi connectivity index (χ1v) is 6.99. The van der Waals surface area contributed by atoms with Crippen LogP contribution in [-0.2, 0) is 20.7 Å². The number of esters is 1. The molecule has 0 saturated carbocycles. The Labute approximate surface area is 122 Å². The highest BCUT2D eigenvalue weighted by molar-refractivity contribution is 9.10. The maximum Gasteiger partial charge on any atom is 0.316 e. The van der Waals surface area contributed by atoms with Crippen molar-refractivity contribution in [2.45, 2.75) is 39.7 Å². The van der Waals surface area contributed by atoms with Crippen molar-refractivity contribution in [3.05, 3.63) is 34.3 Å². The van der Waals surface area contributed by atoms with Gasteiger partial charge in [-0.3, -0.25) is 9.59 Å². The molecule has 0 N–H and O–H groups in total. The number of hydrogen-bond donors (Lipinski definition) is 0. The summed E-state index contributed by atoms with van der Waals surface area (Å²) in [5.74, 6) is -1.35. The van der Waals surface area contributed by atoms with Crippen molar-refractivity contribution in [1.82, 2.24) is 0 Å². The van der Waals surface area contributed by atoms with Crippen LogP contribution in [0.25, 0.3) is 0 Å². The van der Waals surface area contributed by atoms with Gasteiger partial charge in [-0.15, -0.1) is 0 Å². The van der Waals surface area contributed by atoms with Crippen LogP contribution in [0.2, 0.25) is 0 Å². The number of carbonyl (C=O) groups is 2. The fourth-order valence-electron chi connectivity index (χ4n) is 1.50. The van der Waals surface area contributed by atoms with E-state index < -0.39 is 17.5 Å². The van der Waals surface area contributed by atoms with Crippen molar-refractivity contribution in [2.75, 3.05) is 0 Å². The second kappa shape index (κ2) is 6.33. The largest absolute Gasteiger partial charge is 0.459 e. The van der Waals surface area contributed by atoms with E-state index in [9.17, 15) is 9.59 Å². The van der Waals surface area contributed by atoms with E-state index in [-0.39, 0.29) is 12.2 Å². The van der Waals surface area contributed by atoms with Gasteiger partial charge in [-0.25, -0.2) is 0 Å². The summed E-state index contributed by atoms with van der Waals surface area (Å²) in [6.45, 7) is 6.95. The van der Waals surface area contributed by atoms with Gasteiger partial charge in [0.25, 0.3) is 0 Å². The minimum atomic E-state index is -0.744. The highest BCUT2D eigenvalue weighted by atomic mass is 79.9. The number of benzene rings is 1. The van der Waals surface area contributed by atoms with Gasteiger partial charge in [0.05, 0.1) is 0 Å². The van der Waals surface area contributed by atoms with Crippen LogP contribution in [0.4, 0.5) is 0 Å². The summed E-state index contributed by atoms with van der Waals surface area (Å²) in [4.78, 5) is 23.9. The highest BCUT2D eigenvalue weighted by Crippen LogP contribution is 2.19. The molecule has 1 aromatic rings. The lowest BCUT2D eigenvalue weighted by Crippen LogP contribution is -2.31. The van der Waals surface area contributed by atoms with Gasteiger partial charge in [0, 0.05) is 10.9 Å². The molecule has 0 amide bonds. The van der Waals surface area contributed by atoms with E-state index in [1.54, 1.807) is 27.7 Å². The monoisotopic (exact) mass is 326 g/mol. The second-order valence-corrected chi connectivity index (χ2v) is 6.34. The van der Waals surface area contributed by atoms with Gasteiger partial charge in [0.15, 0.2) is 5.78 Å². The smallest absolute Gasteiger partial charge is 0.316 e. The van der Waals surface area contributed by atoms with E-state index in [2.05, 4.69) is 15.9 Å². The van der Waals surface area contributed by atoms with Crippen LogP contribution in [0.5, 0.6) is 0 Å². The zero-order valence-electron chi connectivity index (χ0n) is 11.7. The van der Waals surface area contributed by atoms with Crippen LogP contribution in [-0.4, -0.2) is 17.4 Å². The van der Waals surface area contributed by atoms with Crippen LogP contribution in [0.1, 0.15) is 33.3 Å². The number of halogens is 1. The first-order valence-electron chi connectivity index (χ1n) is 6.19. The standard InChI is InChI=1S/C15H19BrO3/c1-10(14(18)19-15(2,3)4)13(17)9-11-7-5-6-8-12(11)16/h5-8,10H,9H2,1-4H3. The molecular formula is C15H19BrO3. The predicted octanol–water partition coefficient (Wildman–Crippen LogP) is 3.54. The molecular weight excluding hydrogens is 308 g/mol. The number of hydrogen-bond acceptors (Lipinski definition) is 3. The molecule has 0 heterocycles. The maximum absolute atomic E-state index is 12.1. The Kier molecular flexibility index (Phi) is 5.29. The average molecular weight is 327 g/mol. The molecule has 0 aliphatic heterocycles. The zero-order valence-corrected chi connectivity index (χ0v) is 13.3. The number of Topliss-reactive ketones (excluding diaryl/α,β-unsaturated/α-hetero) is 1. The van der Waals surface area contributed by atoms with Crippen LogP contribution in [0.15, 0.2) is 28.7 Å². The lowest BCUT2D eigenvalue weighted by atomic mass is 9.99. The van der Waals surface area contributed by atoms with Gasteiger partial charge >= 0.3 is 5.97 Å². The van der Waals surface area contributed by atoms with E-state index >= 15 is 0 Å². The first-order chi connectivity index (χ1) is 8.70. The second-order valence-electron chi connectivity index (χ2n) is 5.49. The van der Waals surface area contributed by atoms with Gasteiger partial charge in [0.2, 0.25) is 0 Å². The Morgan fingerprint density at radius 3 is 2.37 bits per heavy atom. The molecule has 1 atom stereocenters. The summed E-state index contributed by atoms with van der Waals surface area (Å²) in [5.41, 5.74) is 0.307. The van der Waals surface area contributed by atoms with Gasteiger partial charge in [-0.1, -0.05) is 34.1 Å². The van der Waals surface area contributed by atoms with E-state index in [1.807, 2.05) is 24.3 Å². The summed E-state index contributed by atoms with van der Waals surface area (Å²) in [5, 5.41) is 0. The minimum absolute atomic E-state index is 0.138. The zero-order chi connectivity index (χ0) is 14.6. The number of ether oxygens (including phenoxy) is 1. The molecule has 1 unspecified atom stereocenters. The molecule has 0 aromatic heterocycles. The molecule has 0 radical (unpaired) electrons. The van der Waals surface area contributed by atoms with Crippen molar-refractivity contribution >= 4 is 27.7 Å². The summed E-state index contributed by atoms with van der Waals surface area (Å²) < 4.78 is 6.09. The van der Waals surface area contributed by atoms with Crippen molar-refractivity contribution in [3.8, 4) is 0 Å². The molecule has 19 heavy (non-hydrogen) atoms. The first kappa shape index (κ1) is 15.9. The van der Waals surface area contributed by atoms with Crippen molar-refractivity contribution in [1.29, 1.82) is 0 Å². The topological polar surface area (TPSA) is 43.4 Å². The molecule has 3 nitrogen and oxygen atoms in total. The van der Waals surface area contributed by atoms with E-state index in [0.29, 0.717) is 0 Å². The molecule has 0 saturated heterocycles. The third-order valence-corrected chi connectivity index (χ3v) is 3.34. The van der Waals surface area contributed by atoms with Gasteiger partial charge in [0.1, 0.15) is 11.5 Å². The third-order valence-electron chi connectivity index (χ3n) is 2.57. The number of ketones is 1. The Hall–Kier alpha value is -1.16. The highest BCUT2D eigenvalue weighted by Gasteiger charge is 2.27. The summed E-state index contributed by atoms with van der Waals surface area (Å²) in [6, 6.07) is 7.49. The maximum atomic E-state index is 12.1. The minimum Gasteiger partial charge on any atom is -0.459 e. The molecule has 104 valence electrons. The Morgan fingerprint density at radius 1 is 1.26 bits per heavy atom. The van der Waals surface area contributed by atoms with E-state index in [4.69, 9.17) is 4.74 Å². The van der Waals surface area contributed by atoms with Crippen molar-refractivity contribution in [3.63, 3.8) is 0 Å². The summed E-state index contributed by atoms with van der Waals surface area (Å²) in [7, 11) is 0. The predicted molar refractivity (Wildman–Crippen MR) is 77.9 cm³/mol. The fraction of sp³-hybridized carbons (Fsp3) is 0.467. The quantitative estimate of drug-likeness (QED) is 0.627. The fourth-order valence-corrected chi connectivity index (χ4v) is 1.93. The normalized spacial score (nSPS) is 12.9. The molecule has 0 spiro atoms. The van der Waals surface area contributed by atoms with E-state index in [1.165, 1.54) is 0 Å². The van der Waals surface area contributed by atoms with Crippen LogP contribution < -0.4 is 0 Å². The van der Waals surface area contributed by atoms with Gasteiger partial charge < -0.3 is 4.74 Å². The van der Waals surface area contributed by atoms with Crippen LogP contribution >= 0.6 is 15.9 Å². The van der Waals surface area contributed by atoms with Crippen LogP contribution in [0, 0.1) is 5.92 Å². The summed E-state index contributed by atoms with van der Waals surface area (Å²) >= 11 is 3.39. The van der Waals surface area contributed by atoms with Gasteiger partial charge in [-0.2, -0.15) is 0 Å². The molecule has 4 heteroatoms. The number of rotatable bonds is 4. The van der Waals surface area contributed by atoms with Crippen molar-refractivity contribution < 1.29 is 14.3 Å². The Balaban J connectivity index is 2.68. The molecule has 1 rings (SSSR count). The van der Waals surface area contributed by atoms with Gasteiger partial charge in [-0.05, 0) is 39.3 Å². The van der Waals surface area contributed by atoms with Crippen molar-refractivity contribution in [2.24, 2.45) is 5.92 Å². The molecule has 0 aliphatic rings. The molecule has 0 fully saturated rings. The SMILES string of the molecule is CC(C(=O)Cc1ccccc1Br)C(=O)OC(C)(C)C. The molecule has 0 bridgehead atoms. The lowest BCUT2D eigenvalue weighted by Gasteiger charge is -2.21. The summed E-state index contributed by atoms with van der Waals surface area (Å²) in [6.07, 6.45) is 0.224. The molecule has 0 aliphatic carbocycles. The average Bonchev–Trinajstić information content (AvgIpc) is 2.28.